The van der Waals surface area contributed by atoms with Gasteiger partial charge in [0.25, 0.3) is 0 Å². The highest BCUT2D eigenvalue weighted by molar-refractivity contribution is 6.30. The SMILES string of the molecule is Fc1ccc(-c2cc(Cl)n3nccc3n2)cc1. The highest BCUT2D eigenvalue weighted by Gasteiger charge is 2.06. The molecule has 0 amide bonds. The van der Waals surface area contributed by atoms with Crippen LogP contribution in [0.1, 0.15) is 0 Å². The van der Waals surface area contributed by atoms with Crippen LogP contribution in [0.2, 0.25) is 5.15 Å². The first-order chi connectivity index (χ1) is 8.24. The van der Waals surface area contributed by atoms with Crippen LogP contribution in [-0.2, 0) is 0 Å². The van der Waals surface area contributed by atoms with Crippen molar-refractivity contribution in [1.82, 2.24) is 14.6 Å². The quantitative estimate of drug-likeness (QED) is 0.618. The molecule has 3 nitrogen and oxygen atoms in total. The minimum atomic E-state index is -0.273. The van der Waals surface area contributed by atoms with Crippen LogP contribution in [0.3, 0.4) is 0 Å². The number of fused-ring (bicyclic) bond motifs is 1. The predicted molar refractivity (Wildman–Crippen MR) is 63.4 cm³/mol. The third kappa shape index (κ3) is 1.76. The highest BCUT2D eigenvalue weighted by Crippen LogP contribution is 2.22. The molecular weight excluding hydrogens is 241 g/mol. The monoisotopic (exact) mass is 247 g/mol. The summed E-state index contributed by atoms with van der Waals surface area (Å²) in [4.78, 5) is 4.39. The fourth-order valence-corrected chi connectivity index (χ4v) is 1.88. The molecule has 17 heavy (non-hydrogen) atoms. The second kappa shape index (κ2) is 3.82. The fraction of sp³-hybridized carbons (Fsp3) is 0. The van der Waals surface area contributed by atoms with Gasteiger partial charge >= 0.3 is 0 Å². The third-order valence-corrected chi connectivity index (χ3v) is 2.73. The Morgan fingerprint density at radius 1 is 1.12 bits per heavy atom. The Hall–Kier alpha value is -1.94. The van der Waals surface area contributed by atoms with E-state index in [1.807, 2.05) is 0 Å². The van der Waals surface area contributed by atoms with Crippen molar-refractivity contribution in [3.05, 3.63) is 53.6 Å². The lowest BCUT2D eigenvalue weighted by Crippen LogP contribution is -1.94. The molecule has 0 aliphatic rings. The van der Waals surface area contributed by atoms with Crippen molar-refractivity contribution < 1.29 is 4.39 Å². The van der Waals surface area contributed by atoms with Crippen molar-refractivity contribution in [3.63, 3.8) is 0 Å². The number of nitrogens with zero attached hydrogens (tertiary/aromatic N) is 3. The summed E-state index contributed by atoms with van der Waals surface area (Å²) in [5.41, 5.74) is 2.18. The zero-order valence-electron chi connectivity index (χ0n) is 8.64. The first kappa shape index (κ1) is 10.2. The lowest BCUT2D eigenvalue weighted by molar-refractivity contribution is 0.628. The molecule has 0 saturated heterocycles. The summed E-state index contributed by atoms with van der Waals surface area (Å²) in [6.07, 6.45) is 1.63. The minimum absolute atomic E-state index is 0.273. The number of hydrogen-bond acceptors (Lipinski definition) is 2. The van der Waals surface area contributed by atoms with E-state index in [0.29, 0.717) is 16.5 Å². The number of halogens is 2. The normalized spacial score (nSPS) is 10.9. The van der Waals surface area contributed by atoms with E-state index in [2.05, 4.69) is 10.1 Å². The van der Waals surface area contributed by atoms with Crippen molar-refractivity contribution in [2.75, 3.05) is 0 Å². The van der Waals surface area contributed by atoms with Gasteiger partial charge in [0.15, 0.2) is 5.65 Å². The van der Waals surface area contributed by atoms with Gasteiger partial charge in [-0.05, 0) is 24.3 Å². The molecule has 0 unspecified atom stereocenters. The molecule has 3 rings (SSSR count). The zero-order chi connectivity index (χ0) is 11.8. The summed E-state index contributed by atoms with van der Waals surface area (Å²) in [6.45, 7) is 0. The average molecular weight is 248 g/mol. The largest absolute Gasteiger partial charge is 0.228 e. The minimum Gasteiger partial charge on any atom is -0.228 e. The van der Waals surface area contributed by atoms with Gasteiger partial charge in [0, 0.05) is 17.7 Å². The summed E-state index contributed by atoms with van der Waals surface area (Å²) in [5.74, 6) is -0.273. The molecular formula is C12H7ClFN3. The number of aromatic nitrogens is 3. The molecule has 0 bridgehead atoms. The molecule has 0 aliphatic heterocycles. The second-order valence-electron chi connectivity index (χ2n) is 3.57. The summed E-state index contributed by atoms with van der Waals surface area (Å²) in [7, 11) is 0. The van der Waals surface area contributed by atoms with E-state index in [0.717, 1.165) is 5.56 Å². The Bertz CT molecular complexity index is 676. The van der Waals surface area contributed by atoms with E-state index >= 15 is 0 Å². The Labute approximate surface area is 101 Å². The van der Waals surface area contributed by atoms with Gasteiger partial charge < -0.3 is 0 Å². The average Bonchev–Trinajstić information content (AvgIpc) is 2.78. The lowest BCUT2D eigenvalue weighted by atomic mass is 10.1. The summed E-state index contributed by atoms with van der Waals surface area (Å²) >= 11 is 6.07. The Morgan fingerprint density at radius 3 is 2.65 bits per heavy atom. The van der Waals surface area contributed by atoms with Crippen molar-refractivity contribution in [2.45, 2.75) is 0 Å². The van der Waals surface area contributed by atoms with Crippen molar-refractivity contribution in [1.29, 1.82) is 0 Å². The molecule has 0 spiro atoms. The van der Waals surface area contributed by atoms with Gasteiger partial charge in [-0.2, -0.15) is 5.10 Å². The molecule has 84 valence electrons. The van der Waals surface area contributed by atoms with Gasteiger partial charge in [-0.3, -0.25) is 0 Å². The predicted octanol–water partition coefficient (Wildman–Crippen LogP) is 3.19. The lowest BCUT2D eigenvalue weighted by Gasteiger charge is -2.03. The number of rotatable bonds is 1. The molecule has 3 aromatic rings. The topological polar surface area (TPSA) is 30.2 Å². The van der Waals surface area contributed by atoms with E-state index in [4.69, 9.17) is 11.6 Å². The molecule has 1 aromatic carbocycles. The molecule has 5 heteroatoms. The van der Waals surface area contributed by atoms with E-state index in [9.17, 15) is 4.39 Å². The van der Waals surface area contributed by atoms with E-state index in [1.54, 1.807) is 30.5 Å². The third-order valence-electron chi connectivity index (χ3n) is 2.46. The maximum Gasteiger partial charge on any atom is 0.157 e. The molecule has 0 N–H and O–H groups in total. The fourth-order valence-electron chi connectivity index (χ4n) is 1.64. The molecule has 2 aromatic heterocycles. The molecule has 2 heterocycles. The van der Waals surface area contributed by atoms with Crippen LogP contribution in [0.25, 0.3) is 16.9 Å². The number of hydrogen-bond donors (Lipinski definition) is 0. The Morgan fingerprint density at radius 2 is 1.88 bits per heavy atom. The molecule has 0 fully saturated rings. The van der Waals surface area contributed by atoms with Crippen molar-refractivity contribution >= 4 is 17.2 Å². The highest BCUT2D eigenvalue weighted by atomic mass is 35.5. The van der Waals surface area contributed by atoms with Crippen LogP contribution in [0.4, 0.5) is 4.39 Å². The van der Waals surface area contributed by atoms with Crippen LogP contribution in [0, 0.1) is 5.82 Å². The van der Waals surface area contributed by atoms with Crippen LogP contribution in [0.15, 0.2) is 42.6 Å². The summed E-state index contributed by atoms with van der Waals surface area (Å²) in [6, 6.07) is 9.59. The van der Waals surface area contributed by atoms with Crippen LogP contribution >= 0.6 is 11.6 Å². The van der Waals surface area contributed by atoms with Crippen LogP contribution in [0.5, 0.6) is 0 Å². The van der Waals surface area contributed by atoms with Crippen LogP contribution in [-0.4, -0.2) is 14.6 Å². The molecule has 0 atom stereocenters. The van der Waals surface area contributed by atoms with Gasteiger partial charge in [0.2, 0.25) is 0 Å². The van der Waals surface area contributed by atoms with Crippen molar-refractivity contribution in [2.24, 2.45) is 0 Å². The van der Waals surface area contributed by atoms with Crippen molar-refractivity contribution in [3.8, 4) is 11.3 Å². The molecule has 0 aliphatic carbocycles. The standard InChI is InChI=1S/C12H7ClFN3/c13-11-7-10(8-1-3-9(14)4-2-8)16-12-5-6-15-17(11)12/h1-7H. The van der Waals surface area contributed by atoms with E-state index in [1.165, 1.54) is 16.6 Å². The zero-order valence-corrected chi connectivity index (χ0v) is 9.39. The summed E-state index contributed by atoms with van der Waals surface area (Å²) < 4.78 is 14.4. The maximum absolute atomic E-state index is 12.8. The Balaban J connectivity index is 2.20. The molecule has 0 saturated carbocycles. The first-order valence-corrected chi connectivity index (χ1v) is 5.38. The van der Waals surface area contributed by atoms with E-state index < -0.39 is 0 Å². The maximum atomic E-state index is 12.8. The smallest absolute Gasteiger partial charge is 0.157 e. The van der Waals surface area contributed by atoms with E-state index in [-0.39, 0.29) is 5.82 Å². The van der Waals surface area contributed by atoms with Gasteiger partial charge in [0.05, 0.1) is 11.9 Å². The Kier molecular flexibility index (Phi) is 2.30. The summed E-state index contributed by atoms with van der Waals surface area (Å²) in [5, 5.41) is 4.50. The van der Waals surface area contributed by atoms with Gasteiger partial charge in [0.1, 0.15) is 11.0 Å². The van der Waals surface area contributed by atoms with Gasteiger partial charge in [-0.15, -0.1) is 0 Å². The van der Waals surface area contributed by atoms with Gasteiger partial charge in [-0.25, -0.2) is 13.9 Å². The number of benzene rings is 1. The molecule has 0 radical (unpaired) electrons. The van der Waals surface area contributed by atoms with Gasteiger partial charge in [-0.1, -0.05) is 11.6 Å². The first-order valence-electron chi connectivity index (χ1n) is 5.00. The second-order valence-corrected chi connectivity index (χ2v) is 3.96. The van der Waals surface area contributed by atoms with Crippen LogP contribution < -0.4 is 0 Å².